The summed E-state index contributed by atoms with van der Waals surface area (Å²) >= 11 is 0. The van der Waals surface area contributed by atoms with Gasteiger partial charge in [0.1, 0.15) is 19.0 Å². The van der Waals surface area contributed by atoms with E-state index in [1.807, 2.05) is 0 Å². The van der Waals surface area contributed by atoms with E-state index in [1.165, 1.54) is 6.92 Å². The standard InChI is InChI=1S/C14H16F5NO3/c1-8(21)5-22-6-11(15)12(16)7-23-9-2-3-13(20)10(4-9)14(17,18)19/h2-4,11-12H,5-7,20H2,1H3. The van der Waals surface area contributed by atoms with Crippen LogP contribution in [0.3, 0.4) is 0 Å². The van der Waals surface area contributed by atoms with Crippen molar-refractivity contribution in [1.29, 1.82) is 0 Å². The molecule has 1 rings (SSSR count). The van der Waals surface area contributed by atoms with Crippen LogP contribution >= 0.6 is 0 Å². The monoisotopic (exact) mass is 341 g/mol. The van der Waals surface area contributed by atoms with Gasteiger partial charge in [0.2, 0.25) is 0 Å². The first-order valence-corrected chi connectivity index (χ1v) is 6.56. The van der Waals surface area contributed by atoms with Crippen molar-refractivity contribution in [1.82, 2.24) is 0 Å². The van der Waals surface area contributed by atoms with Crippen molar-refractivity contribution in [3.63, 3.8) is 0 Å². The van der Waals surface area contributed by atoms with Gasteiger partial charge in [0.05, 0.1) is 12.2 Å². The number of hydrogen-bond acceptors (Lipinski definition) is 4. The Morgan fingerprint density at radius 1 is 1.22 bits per heavy atom. The summed E-state index contributed by atoms with van der Waals surface area (Å²) in [5.41, 5.74) is 3.59. The van der Waals surface area contributed by atoms with Crippen LogP contribution < -0.4 is 10.5 Å². The van der Waals surface area contributed by atoms with Crippen molar-refractivity contribution in [3.05, 3.63) is 23.8 Å². The van der Waals surface area contributed by atoms with Crippen LogP contribution in [-0.4, -0.2) is 37.9 Å². The minimum absolute atomic E-state index is 0.286. The van der Waals surface area contributed by atoms with Crippen LogP contribution in [0.2, 0.25) is 0 Å². The van der Waals surface area contributed by atoms with Crippen LogP contribution in [0.5, 0.6) is 5.75 Å². The first kappa shape index (κ1) is 19.1. The smallest absolute Gasteiger partial charge is 0.418 e. The maximum Gasteiger partial charge on any atom is 0.418 e. The number of ketones is 1. The normalized spacial score (nSPS) is 14.3. The summed E-state index contributed by atoms with van der Waals surface area (Å²) in [4.78, 5) is 10.6. The molecule has 23 heavy (non-hydrogen) atoms. The Hall–Kier alpha value is -1.90. The average Bonchev–Trinajstić information content (AvgIpc) is 2.44. The number of nitrogen functional groups attached to an aromatic ring is 1. The molecule has 0 aliphatic heterocycles. The molecule has 0 amide bonds. The average molecular weight is 341 g/mol. The number of carbonyl (C=O) groups is 1. The van der Waals surface area contributed by atoms with E-state index in [4.69, 9.17) is 10.5 Å². The second kappa shape index (κ2) is 8.09. The molecule has 0 bridgehead atoms. The maximum atomic E-state index is 13.5. The zero-order chi connectivity index (χ0) is 17.6. The highest BCUT2D eigenvalue weighted by atomic mass is 19.4. The highest BCUT2D eigenvalue weighted by molar-refractivity contribution is 5.76. The van der Waals surface area contributed by atoms with E-state index >= 15 is 0 Å². The summed E-state index contributed by atoms with van der Waals surface area (Å²) in [5, 5.41) is 0. The Bertz CT molecular complexity index is 536. The SMILES string of the molecule is CC(=O)COCC(F)C(F)COc1ccc(N)c(C(F)(F)F)c1. The van der Waals surface area contributed by atoms with E-state index < -0.39 is 43.0 Å². The molecule has 2 unspecified atom stereocenters. The quantitative estimate of drug-likeness (QED) is 0.583. The summed E-state index contributed by atoms with van der Waals surface area (Å²) in [5.74, 6) is -0.628. The van der Waals surface area contributed by atoms with Gasteiger partial charge in [-0.25, -0.2) is 8.78 Å². The van der Waals surface area contributed by atoms with Gasteiger partial charge in [-0.15, -0.1) is 0 Å². The number of carbonyl (C=O) groups excluding carboxylic acids is 1. The minimum atomic E-state index is -4.68. The number of anilines is 1. The second-order valence-electron chi connectivity index (χ2n) is 4.81. The lowest BCUT2D eigenvalue weighted by atomic mass is 10.1. The molecule has 0 aliphatic rings. The molecule has 0 fully saturated rings. The van der Waals surface area contributed by atoms with Crippen LogP contribution in [0.4, 0.5) is 27.6 Å². The predicted octanol–water partition coefficient (Wildman–Crippen LogP) is 2.95. The fourth-order valence-corrected chi connectivity index (χ4v) is 1.57. The Balaban J connectivity index is 2.56. The van der Waals surface area contributed by atoms with Crippen LogP contribution in [0, 0.1) is 0 Å². The zero-order valence-electron chi connectivity index (χ0n) is 12.2. The van der Waals surface area contributed by atoms with Gasteiger partial charge < -0.3 is 15.2 Å². The van der Waals surface area contributed by atoms with Gasteiger partial charge in [0, 0.05) is 5.69 Å². The second-order valence-corrected chi connectivity index (χ2v) is 4.81. The first-order chi connectivity index (χ1) is 10.6. The maximum absolute atomic E-state index is 13.5. The number of alkyl halides is 5. The van der Waals surface area contributed by atoms with Crippen molar-refractivity contribution in [2.75, 3.05) is 25.6 Å². The van der Waals surface area contributed by atoms with Gasteiger partial charge in [-0.05, 0) is 25.1 Å². The molecule has 9 heteroatoms. The molecule has 1 aromatic rings. The molecule has 0 saturated heterocycles. The summed E-state index contributed by atoms with van der Waals surface area (Å²) in [7, 11) is 0. The number of nitrogens with two attached hydrogens (primary N) is 1. The third-order valence-corrected chi connectivity index (χ3v) is 2.71. The molecule has 130 valence electrons. The number of halogens is 5. The minimum Gasteiger partial charge on any atom is -0.490 e. The molecular weight excluding hydrogens is 325 g/mol. The molecule has 2 atom stereocenters. The summed E-state index contributed by atoms with van der Waals surface area (Å²) in [6, 6.07) is 2.70. The highest BCUT2D eigenvalue weighted by Gasteiger charge is 2.33. The zero-order valence-corrected chi connectivity index (χ0v) is 12.2. The van der Waals surface area contributed by atoms with Crippen molar-refractivity contribution < 1.29 is 36.2 Å². The highest BCUT2D eigenvalue weighted by Crippen LogP contribution is 2.35. The van der Waals surface area contributed by atoms with E-state index in [2.05, 4.69) is 4.74 Å². The van der Waals surface area contributed by atoms with Gasteiger partial charge >= 0.3 is 6.18 Å². The van der Waals surface area contributed by atoms with Crippen LogP contribution in [-0.2, 0) is 15.7 Å². The van der Waals surface area contributed by atoms with E-state index in [0.717, 1.165) is 12.1 Å². The van der Waals surface area contributed by atoms with Gasteiger partial charge in [-0.3, -0.25) is 4.79 Å². The molecule has 0 saturated carbocycles. The lowest BCUT2D eigenvalue weighted by Crippen LogP contribution is -2.29. The van der Waals surface area contributed by atoms with Gasteiger partial charge in [-0.2, -0.15) is 13.2 Å². The lowest BCUT2D eigenvalue weighted by Gasteiger charge is -2.16. The van der Waals surface area contributed by atoms with Gasteiger partial charge in [-0.1, -0.05) is 0 Å². The predicted molar refractivity (Wildman–Crippen MR) is 72.6 cm³/mol. The Morgan fingerprint density at radius 2 is 1.83 bits per heavy atom. The molecule has 2 N–H and O–H groups in total. The molecule has 0 aliphatic carbocycles. The molecule has 1 aromatic carbocycles. The third-order valence-electron chi connectivity index (χ3n) is 2.71. The summed E-state index contributed by atoms with van der Waals surface area (Å²) < 4.78 is 74.3. The van der Waals surface area contributed by atoms with E-state index in [-0.39, 0.29) is 18.1 Å². The third kappa shape index (κ3) is 6.39. The molecule has 0 radical (unpaired) electrons. The molecule has 4 nitrogen and oxygen atoms in total. The number of benzene rings is 1. The molecule has 0 heterocycles. The molecule has 0 aromatic heterocycles. The van der Waals surface area contributed by atoms with E-state index in [9.17, 15) is 26.7 Å². The van der Waals surface area contributed by atoms with Crippen LogP contribution in [0.15, 0.2) is 18.2 Å². The van der Waals surface area contributed by atoms with Crippen molar-refractivity contribution >= 4 is 11.5 Å². The summed E-state index contributed by atoms with van der Waals surface area (Å²) in [6.07, 6.45) is -8.86. The van der Waals surface area contributed by atoms with Gasteiger partial charge in [0.25, 0.3) is 0 Å². The van der Waals surface area contributed by atoms with E-state index in [0.29, 0.717) is 6.07 Å². The van der Waals surface area contributed by atoms with E-state index in [1.54, 1.807) is 0 Å². The number of hydrogen-bond donors (Lipinski definition) is 1. The van der Waals surface area contributed by atoms with Crippen molar-refractivity contribution in [2.24, 2.45) is 0 Å². The summed E-state index contributed by atoms with van der Waals surface area (Å²) in [6.45, 7) is -0.574. The van der Waals surface area contributed by atoms with Crippen molar-refractivity contribution in [3.8, 4) is 5.75 Å². The molecule has 0 spiro atoms. The largest absolute Gasteiger partial charge is 0.490 e. The first-order valence-electron chi connectivity index (χ1n) is 6.56. The number of Topliss-reactive ketones (excluding diaryl/α,β-unsaturated/α-hetero) is 1. The Morgan fingerprint density at radius 3 is 2.39 bits per heavy atom. The lowest BCUT2D eigenvalue weighted by molar-refractivity contribution is -0.137. The fourth-order valence-electron chi connectivity index (χ4n) is 1.57. The van der Waals surface area contributed by atoms with Crippen molar-refractivity contribution in [2.45, 2.75) is 25.4 Å². The Labute approximate surface area is 129 Å². The van der Waals surface area contributed by atoms with Crippen LogP contribution in [0.1, 0.15) is 12.5 Å². The topological polar surface area (TPSA) is 61.5 Å². The van der Waals surface area contributed by atoms with Gasteiger partial charge in [0.15, 0.2) is 18.1 Å². The van der Waals surface area contributed by atoms with Crippen LogP contribution in [0.25, 0.3) is 0 Å². The Kier molecular flexibility index (Phi) is 6.74. The number of rotatable bonds is 8. The molecular formula is C14H16F5NO3. The fraction of sp³-hybridized carbons (Fsp3) is 0.500. The number of ether oxygens (including phenoxy) is 2.